The Morgan fingerprint density at radius 1 is 0.528 bits per heavy atom. The number of anilines is 3. The lowest BCUT2D eigenvalue weighted by Crippen LogP contribution is -2.50. The lowest BCUT2D eigenvalue weighted by molar-refractivity contribution is -0.131. The monoisotopic (exact) mass is 1520 g/mol. The summed E-state index contributed by atoms with van der Waals surface area (Å²) >= 11 is 20.2. The summed E-state index contributed by atoms with van der Waals surface area (Å²) in [7, 11) is 3.41. The molecule has 0 bridgehead atoms. The molecular weight excluding hydrogens is 1440 g/mol. The number of amides is 5. The molecule has 6 heterocycles. The Balaban J connectivity index is 0.000000143. The fraction of sp³-hybridized carbons (Fsp3) is 0.333. The molecule has 560 valence electrons. The predicted molar refractivity (Wildman–Crippen MR) is 414 cm³/mol. The minimum atomic E-state index is -0.583. The second kappa shape index (κ2) is 32.9. The minimum absolute atomic E-state index is 0.00797. The van der Waals surface area contributed by atoms with E-state index in [4.69, 9.17) is 45.5 Å². The number of primary amides is 1. The van der Waals surface area contributed by atoms with Gasteiger partial charge in [0.1, 0.15) is 52.5 Å². The molecule has 15 rings (SSSR count). The molecule has 3 fully saturated rings. The zero-order valence-corrected chi connectivity index (χ0v) is 62.5. The van der Waals surface area contributed by atoms with Gasteiger partial charge < -0.3 is 55.4 Å². The van der Waals surface area contributed by atoms with Gasteiger partial charge in [0, 0.05) is 197 Å². The molecule has 27 heteroatoms. The van der Waals surface area contributed by atoms with Crippen LogP contribution in [0.15, 0.2) is 151 Å². The molecule has 108 heavy (non-hydrogen) atoms. The number of carbonyl (C=O) groups is 4. The maximum Gasteiger partial charge on any atom is 0.314 e. The molecule has 5 amide bonds. The van der Waals surface area contributed by atoms with Crippen LogP contribution < -0.4 is 20.4 Å². The summed E-state index contributed by atoms with van der Waals surface area (Å²) in [4.78, 5) is 87.7. The lowest BCUT2D eigenvalue weighted by atomic mass is 9.82. The van der Waals surface area contributed by atoms with Crippen LogP contribution >= 0.6 is 34.8 Å². The van der Waals surface area contributed by atoms with Crippen LogP contribution in [0.4, 0.5) is 35.4 Å². The number of nitrogens with two attached hydrogens (primary N) is 1. The number of carbonyl (C=O) groups excluding carboxylic acids is 4. The lowest BCUT2D eigenvalue weighted by Gasteiger charge is -2.36. The van der Waals surface area contributed by atoms with E-state index >= 15 is 13.2 Å². The molecule has 3 atom stereocenters. The molecule has 3 saturated heterocycles. The number of urea groups is 1. The van der Waals surface area contributed by atoms with Crippen molar-refractivity contribution >= 4 is 109 Å². The van der Waals surface area contributed by atoms with Crippen molar-refractivity contribution in [2.45, 2.75) is 83.0 Å². The summed E-state index contributed by atoms with van der Waals surface area (Å²) in [6, 6.07) is 27.6. The maximum atomic E-state index is 16.6. The van der Waals surface area contributed by atoms with Crippen molar-refractivity contribution in [3.63, 3.8) is 0 Å². The second-order valence-corrected chi connectivity index (χ2v) is 28.9. The van der Waals surface area contributed by atoms with E-state index in [0.717, 1.165) is 39.8 Å². The molecule has 6 aliphatic rings. The van der Waals surface area contributed by atoms with Crippen molar-refractivity contribution in [2.75, 3.05) is 107 Å². The molecular formula is C81H82Cl3F3N14O7. The Morgan fingerprint density at radius 2 is 0.917 bits per heavy atom. The number of rotatable bonds is 13. The zero-order chi connectivity index (χ0) is 76.2. The summed E-state index contributed by atoms with van der Waals surface area (Å²) in [6.07, 6.45) is 14.8. The van der Waals surface area contributed by atoms with Crippen LogP contribution in [-0.4, -0.2) is 181 Å². The number of benzene rings is 6. The van der Waals surface area contributed by atoms with E-state index < -0.39 is 41.2 Å². The number of aliphatic hydroxyl groups is 3. The van der Waals surface area contributed by atoms with E-state index in [-0.39, 0.29) is 72.2 Å². The topological polar surface area (TPSA) is 255 Å². The SMILES string of the molecule is C/C=C/C(=O)N1CCN(c2ncnc3c(F)c([C@H]4C=C(O)Cc5ccccc54)c(Cl)cc23)CC1.CCCC(=O)N1CCN(c2ncnc3c(F)c([C@H]4C=C(O)Cc5ccccc54)c(Cl)cc23)CC1.CN(C)C(=O)CCCc1nc(N2CCN(C(N)=O)CC2)c2cc(Cl)c([C@H]3C=C(O)Cc4ccccc43)c(F)c2n1. The molecule has 21 nitrogen and oxygen atoms in total. The fourth-order valence-electron chi connectivity index (χ4n) is 15.2. The van der Waals surface area contributed by atoms with Gasteiger partial charge >= 0.3 is 6.03 Å². The minimum Gasteiger partial charge on any atom is -0.512 e. The second-order valence-electron chi connectivity index (χ2n) is 27.7. The van der Waals surface area contributed by atoms with Crippen LogP contribution in [0.1, 0.15) is 113 Å². The van der Waals surface area contributed by atoms with Crippen LogP contribution in [0, 0.1) is 17.5 Å². The molecule has 0 spiro atoms. The summed E-state index contributed by atoms with van der Waals surface area (Å²) in [6.45, 7) is 10.2. The van der Waals surface area contributed by atoms with Crippen LogP contribution in [0.2, 0.25) is 15.1 Å². The van der Waals surface area contributed by atoms with Crippen LogP contribution in [0.25, 0.3) is 32.7 Å². The molecule has 0 saturated carbocycles. The van der Waals surface area contributed by atoms with Gasteiger partial charge in [0.2, 0.25) is 17.7 Å². The van der Waals surface area contributed by atoms with E-state index in [0.29, 0.717) is 174 Å². The van der Waals surface area contributed by atoms with Crippen molar-refractivity contribution in [1.82, 2.24) is 49.5 Å². The molecule has 9 aromatic rings. The molecule has 0 unspecified atom stereocenters. The van der Waals surface area contributed by atoms with Gasteiger partial charge in [-0.05, 0) is 95.6 Å². The van der Waals surface area contributed by atoms with Gasteiger partial charge in [-0.3, -0.25) is 14.4 Å². The van der Waals surface area contributed by atoms with Gasteiger partial charge in [0.05, 0.1) is 17.3 Å². The Hall–Kier alpha value is -10.6. The number of halogens is 6. The molecule has 3 aromatic heterocycles. The zero-order valence-electron chi connectivity index (χ0n) is 60.2. The number of hydrogen-bond donors (Lipinski definition) is 4. The van der Waals surface area contributed by atoms with Crippen molar-refractivity contribution in [1.29, 1.82) is 0 Å². The summed E-state index contributed by atoms with van der Waals surface area (Å²) < 4.78 is 48.5. The van der Waals surface area contributed by atoms with E-state index in [2.05, 4.69) is 29.8 Å². The average molecular weight is 1530 g/mol. The number of nitrogens with zero attached hydrogens (tertiary/aromatic N) is 13. The Bertz CT molecular complexity index is 5120. The third-order valence-electron chi connectivity index (χ3n) is 20.7. The van der Waals surface area contributed by atoms with Crippen molar-refractivity contribution in [3.05, 3.63) is 240 Å². The number of aromatic nitrogens is 6. The molecule has 3 aliphatic carbocycles. The Morgan fingerprint density at radius 3 is 1.32 bits per heavy atom. The van der Waals surface area contributed by atoms with Gasteiger partial charge in [-0.15, -0.1) is 0 Å². The van der Waals surface area contributed by atoms with E-state index in [9.17, 15) is 34.5 Å². The fourth-order valence-corrected chi connectivity index (χ4v) is 16.1. The van der Waals surface area contributed by atoms with E-state index in [1.807, 2.05) is 101 Å². The average Bonchev–Trinajstić information content (AvgIpc) is 0.752. The highest BCUT2D eigenvalue weighted by Gasteiger charge is 2.35. The largest absolute Gasteiger partial charge is 0.512 e. The third kappa shape index (κ3) is 15.8. The standard InChI is InChI=1S/C29H32ClFN6O3.C26H26ClFN4O2.C26H24ClFN4O2/c1-35(2)24(39)9-5-8-23-33-27-21(28(34-23)36-10-12-37(13-11-36)29(32)40)16-22(30)25(26(27)31)20-15-18(38)14-17-6-3-4-7-19(17)20;2*1-2-5-22(34)31-8-10-32(11-9-31)26-20-14-21(27)23(24(28)25(20)29-15-30-26)19-13-17(33)12-16-6-3-4-7-18(16)19/h3-4,6-7,15-16,20,38H,5,8-14H2,1-2H3,(H2,32,40);3-4,6-7,13-15,19,33H,2,5,8-12H2,1H3;2-7,13-15,19,33H,8-12H2,1H3/b;;5-2+/t20-;2*19-/m000/s1. The first-order valence-corrected chi connectivity index (χ1v) is 37.3. The predicted octanol–water partition coefficient (Wildman–Crippen LogP) is 13.9. The van der Waals surface area contributed by atoms with Crippen LogP contribution in [0.5, 0.6) is 0 Å². The summed E-state index contributed by atoms with van der Waals surface area (Å²) in [5.74, 6) is -0.367. The van der Waals surface area contributed by atoms with Gasteiger partial charge in [-0.2, -0.15) is 0 Å². The van der Waals surface area contributed by atoms with Crippen molar-refractivity contribution in [2.24, 2.45) is 5.73 Å². The molecule has 0 radical (unpaired) electrons. The number of hydrogen-bond acceptors (Lipinski definition) is 16. The van der Waals surface area contributed by atoms with E-state index in [1.54, 1.807) is 72.5 Å². The number of piperazine rings is 3. The number of fused-ring (bicyclic) bond motifs is 6. The number of aliphatic hydroxyl groups excluding tert-OH is 3. The highest BCUT2D eigenvalue weighted by atomic mass is 35.5. The van der Waals surface area contributed by atoms with Gasteiger partial charge in [-0.25, -0.2) is 47.9 Å². The normalized spacial score (nSPS) is 17.8. The Kier molecular flexibility index (Phi) is 23.0. The summed E-state index contributed by atoms with van der Waals surface area (Å²) in [5, 5.41) is 33.4. The number of allylic oxidation sites excluding steroid dienone is 7. The first kappa shape index (κ1) is 75.7. The van der Waals surface area contributed by atoms with Gasteiger partial charge in [0.15, 0.2) is 17.5 Å². The van der Waals surface area contributed by atoms with Crippen molar-refractivity contribution < 1.29 is 47.7 Å². The molecule has 6 aromatic carbocycles. The van der Waals surface area contributed by atoms with Gasteiger partial charge in [-0.1, -0.05) is 121 Å². The van der Waals surface area contributed by atoms with E-state index in [1.165, 1.54) is 17.6 Å². The highest BCUT2D eigenvalue weighted by molar-refractivity contribution is 6.33. The molecule has 5 N–H and O–H groups in total. The molecule has 3 aliphatic heterocycles. The third-order valence-corrected chi connectivity index (χ3v) is 21.6. The first-order valence-electron chi connectivity index (χ1n) is 36.1. The first-order chi connectivity index (χ1) is 52.1. The smallest absolute Gasteiger partial charge is 0.314 e. The Labute approximate surface area is 638 Å². The highest BCUT2D eigenvalue weighted by Crippen LogP contribution is 2.46. The van der Waals surface area contributed by atoms with Crippen molar-refractivity contribution in [3.8, 4) is 0 Å². The van der Waals surface area contributed by atoms with Gasteiger partial charge in [0.25, 0.3) is 0 Å². The maximum absolute atomic E-state index is 16.6. The quantitative estimate of drug-likeness (QED) is 0.0783. The summed E-state index contributed by atoms with van der Waals surface area (Å²) in [5.41, 5.74) is 12.3. The van der Waals surface area contributed by atoms with Crippen LogP contribution in [-0.2, 0) is 40.1 Å². The number of aryl methyl sites for hydroxylation is 1. The van der Waals surface area contributed by atoms with Crippen LogP contribution in [0.3, 0.4) is 0 Å².